The van der Waals surface area contributed by atoms with Crippen LogP contribution in [0.5, 0.6) is 11.5 Å². The van der Waals surface area contributed by atoms with Crippen molar-refractivity contribution in [3.05, 3.63) is 58.7 Å². The van der Waals surface area contributed by atoms with Crippen LogP contribution < -0.4 is 9.47 Å². The first-order valence-electron chi connectivity index (χ1n) is 8.26. The van der Waals surface area contributed by atoms with Gasteiger partial charge in [0.05, 0.1) is 13.7 Å². The molecule has 7 nitrogen and oxygen atoms in total. The van der Waals surface area contributed by atoms with Gasteiger partial charge in [0.15, 0.2) is 17.2 Å². The molecule has 0 unspecified atom stereocenters. The molecule has 0 spiro atoms. The summed E-state index contributed by atoms with van der Waals surface area (Å²) in [7, 11) is 1.54. The summed E-state index contributed by atoms with van der Waals surface area (Å²) in [4.78, 5) is 12.0. The Balaban J connectivity index is 1.81. The van der Waals surface area contributed by atoms with Crippen LogP contribution in [0.15, 0.2) is 42.5 Å². The van der Waals surface area contributed by atoms with Crippen LogP contribution in [0.3, 0.4) is 0 Å². The number of benzene rings is 2. The zero-order valence-electron chi connectivity index (χ0n) is 14.9. The lowest BCUT2D eigenvalue weighted by Crippen LogP contribution is -2.06. The highest BCUT2D eigenvalue weighted by Gasteiger charge is 2.20. The van der Waals surface area contributed by atoms with E-state index in [4.69, 9.17) is 25.8 Å². The normalized spacial score (nSPS) is 10.5. The van der Waals surface area contributed by atoms with Gasteiger partial charge >= 0.3 is 5.97 Å². The van der Waals surface area contributed by atoms with Gasteiger partial charge < -0.3 is 14.2 Å². The molecule has 0 aliphatic heterocycles. The van der Waals surface area contributed by atoms with Crippen LogP contribution in [-0.4, -0.2) is 35.1 Å². The molecule has 1 aromatic heterocycles. The molecule has 0 fully saturated rings. The van der Waals surface area contributed by atoms with Gasteiger partial charge in [-0.15, -0.1) is 5.10 Å². The monoisotopic (exact) mass is 387 g/mol. The fourth-order valence-corrected chi connectivity index (χ4v) is 2.58. The van der Waals surface area contributed by atoms with Gasteiger partial charge in [-0.05, 0) is 42.8 Å². The van der Waals surface area contributed by atoms with Crippen molar-refractivity contribution in [2.45, 2.75) is 13.5 Å². The van der Waals surface area contributed by atoms with Gasteiger partial charge in [0.2, 0.25) is 0 Å². The smallest absolute Gasteiger partial charge is 0.361 e. The van der Waals surface area contributed by atoms with Gasteiger partial charge in [-0.2, -0.15) is 10.3 Å². The van der Waals surface area contributed by atoms with Crippen molar-refractivity contribution in [3.63, 3.8) is 0 Å². The highest BCUT2D eigenvalue weighted by molar-refractivity contribution is 6.30. The number of H-pyrrole nitrogens is 1. The number of carbonyl (C=O) groups is 1. The van der Waals surface area contributed by atoms with Gasteiger partial charge in [0.25, 0.3) is 0 Å². The van der Waals surface area contributed by atoms with Gasteiger partial charge in [0.1, 0.15) is 12.3 Å². The molecular weight excluding hydrogens is 370 g/mol. The van der Waals surface area contributed by atoms with Crippen LogP contribution in [0.1, 0.15) is 23.0 Å². The third-order valence-corrected chi connectivity index (χ3v) is 4.01. The van der Waals surface area contributed by atoms with Crippen LogP contribution in [0, 0.1) is 0 Å². The fourth-order valence-electron chi connectivity index (χ4n) is 2.45. The molecule has 0 radical (unpaired) electrons. The number of hydrogen-bond acceptors (Lipinski definition) is 6. The van der Waals surface area contributed by atoms with Crippen LogP contribution in [0.2, 0.25) is 5.02 Å². The van der Waals surface area contributed by atoms with Crippen molar-refractivity contribution in [1.82, 2.24) is 15.4 Å². The number of halogens is 1. The van der Waals surface area contributed by atoms with Gasteiger partial charge in [-0.3, -0.25) is 0 Å². The third kappa shape index (κ3) is 4.38. The average molecular weight is 388 g/mol. The topological polar surface area (TPSA) is 86.3 Å². The zero-order chi connectivity index (χ0) is 19.2. The average Bonchev–Trinajstić information content (AvgIpc) is 3.17. The highest BCUT2D eigenvalue weighted by Crippen LogP contribution is 2.33. The molecule has 0 bridgehead atoms. The summed E-state index contributed by atoms with van der Waals surface area (Å²) in [5.41, 5.74) is 2.14. The van der Waals surface area contributed by atoms with Gasteiger partial charge in [-0.1, -0.05) is 23.7 Å². The van der Waals surface area contributed by atoms with E-state index in [0.29, 0.717) is 34.4 Å². The molecule has 0 saturated heterocycles. The summed E-state index contributed by atoms with van der Waals surface area (Å²) < 4.78 is 16.3. The molecule has 0 amide bonds. The molecule has 1 heterocycles. The van der Waals surface area contributed by atoms with E-state index in [9.17, 15) is 4.79 Å². The fraction of sp³-hybridized carbons (Fsp3) is 0.211. The molecule has 3 rings (SSSR count). The summed E-state index contributed by atoms with van der Waals surface area (Å²) in [5.74, 6) is 0.542. The second kappa shape index (κ2) is 8.55. The lowest BCUT2D eigenvalue weighted by atomic mass is 10.1. The molecular formula is C19H18ClN3O4. The maximum absolute atomic E-state index is 12.0. The summed E-state index contributed by atoms with van der Waals surface area (Å²) >= 11 is 5.89. The van der Waals surface area contributed by atoms with Crippen LogP contribution in [0.25, 0.3) is 11.3 Å². The third-order valence-electron chi connectivity index (χ3n) is 3.76. The van der Waals surface area contributed by atoms with E-state index >= 15 is 0 Å². The molecule has 27 heavy (non-hydrogen) atoms. The predicted octanol–water partition coefficient (Wildman–Crippen LogP) is 3.89. The van der Waals surface area contributed by atoms with E-state index in [1.807, 2.05) is 24.3 Å². The Labute approximate surface area is 161 Å². The van der Waals surface area contributed by atoms with Crippen molar-refractivity contribution in [2.24, 2.45) is 0 Å². The maximum Gasteiger partial charge on any atom is 0.361 e. The largest absolute Gasteiger partial charge is 0.493 e. The summed E-state index contributed by atoms with van der Waals surface area (Å²) in [6, 6.07) is 12.7. The number of esters is 1. The Morgan fingerprint density at radius 2 is 1.89 bits per heavy atom. The number of aromatic nitrogens is 3. The number of aromatic amines is 1. The molecule has 0 saturated carbocycles. The van der Waals surface area contributed by atoms with E-state index in [1.54, 1.807) is 32.2 Å². The van der Waals surface area contributed by atoms with Gasteiger partial charge in [0, 0.05) is 10.6 Å². The van der Waals surface area contributed by atoms with Crippen LogP contribution >= 0.6 is 11.6 Å². The molecule has 8 heteroatoms. The number of hydrogen-bond donors (Lipinski definition) is 1. The van der Waals surface area contributed by atoms with Gasteiger partial charge in [-0.25, -0.2) is 4.79 Å². The Hall–Kier alpha value is -3.06. The lowest BCUT2D eigenvalue weighted by molar-refractivity contribution is 0.0520. The first-order valence-corrected chi connectivity index (χ1v) is 8.63. The molecule has 0 aliphatic carbocycles. The lowest BCUT2D eigenvalue weighted by Gasteiger charge is -2.12. The molecule has 140 valence electrons. The van der Waals surface area contributed by atoms with Crippen molar-refractivity contribution in [3.8, 4) is 22.8 Å². The van der Waals surface area contributed by atoms with Crippen molar-refractivity contribution in [2.75, 3.05) is 13.7 Å². The van der Waals surface area contributed by atoms with E-state index < -0.39 is 5.97 Å². The predicted molar refractivity (Wildman–Crippen MR) is 100 cm³/mol. The molecule has 2 aromatic carbocycles. The first-order chi connectivity index (χ1) is 13.1. The minimum Gasteiger partial charge on any atom is -0.493 e. The van der Waals surface area contributed by atoms with E-state index in [2.05, 4.69) is 15.4 Å². The molecule has 3 aromatic rings. The number of nitrogens with one attached hydrogen (secondary N) is 1. The number of nitrogens with zero attached hydrogens (tertiary/aromatic N) is 2. The second-order valence-corrected chi connectivity index (χ2v) is 5.96. The molecule has 0 atom stereocenters. The minimum absolute atomic E-state index is 0.119. The summed E-state index contributed by atoms with van der Waals surface area (Å²) in [5, 5.41) is 11.1. The van der Waals surface area contributed by atoms with E-state index in [0.717, 1.165) is 5.56 Å². The zero-order valence-corrected chi connectivity index (χ0v) is 15.6. The summed E-state index contributed by atoms with van der Waals surface area (Å²) in [6.45, 7) is 2.35. The van der Waals surface area contributed by atoms with Crippen LogP contribution in [-0.2, 0) is 11.3 Å². The minimum atomic E-state index is -0.539. The number of carbonyl (C=O) groups excluding carboxylic acids is 1. The van der Waals surface area contributed by atoms with Crippen molar-refractivity contribution >= 4 is 17.6 Å². The summed E-state index contributed by atoms with van der Waals surface area (Å²) in [6.07, 6.45) is 0. The Bertz CT molecular complexity index is 925. The Kier molecular flexibility index (Phi) is 5.93. The van der Waals surface area contributed by atoms with E-state index in [-0.39, 0.29) is 12.3 Å². The first kappa shape index (κ1) is 18.7. The van der Waals surface area contributed by atoms with Crippen molar-refractivity contribution < 1.29 is 19.0 Å². The second-order valence-electron chi connectivity index (χ2n) is 5.52. The Morgan fingerprint density at radius 1 is 1.11 bits per heavy atom. The Morgan fingerprint density at radius 3 is 2.59 bits per heavy atom. The van der Waals surface area contributed by atoms with Crippen LogP contribution in [0.4, 0.5) is 0 Å². The highest BCUT2D eigenvalue weighted by atomic mass is 35.5. The number of methoxy groups -OCH3 is 1. The quantitative estimate of drug-likeness (QED) is 0.619. The SMILES string of the molecule is CCOC(=O)c1n[nH]nc1-c1ccc(OCc2ccc(Cl)cc2)c(OC)c1. The number of rotatable bonds is 7. The molecule has 0 aliphatic rings. The van der Waals surface area contributed by atoms with E-state index in [1.165, 1.54) is 0 Å². The van der Waals surface area contributed by atoms with Crippen molar-refractivity contribution in [1.29, 1.82) is 0 Å². The number of ether oxygens (including phenoxy) is 3. The standard InChI is InChI=1S/C19H18ClN3O4/c1-3-26-19(24)18-17(21-23-22-18)13-6-9-15(16(10-13)25-2)27-11-12-4-7-14(20)8-5-12/h4-10H,3,11H2,1-2H3,(H,21,22,23). The maximum atomic E-state index is 12.0. The molecule has 1 N–H and O–H groups in total.